The zero-order chi connectivity index (χ0) is 20.9. The molecule has 0 unspecified atom stereocenters. The Morgan fingerprint density at radius 3 is 2.32 bits per heavy atom. The monoisotopic (exact) mass is 433 g/mol. The molecule has 152 valence electrons. The third-order valence-electron chi connectivity index (χ3n) is 3.85. The molecular formula is C18H18F3NO4S2. The smallest absolute Gasteiger partial charge is 0.416 e. The van der Waals surface area contributed by atoms with Crippen LogP contribution in [-0.2, 0) is 22.6 Å². The van der Waals surface area contributed by atoms with Crippen molar-refractivity contribution in [1.29, 1.82) is 0 Å². The standard InChI is InChI=1S/C18H18F3NO4S2/c1-2-12-3-8-15(11-16(12)17(23)24)28(25,26)22-9-10-27-14-6-4-13(5-7-14)18(19,20)21/h3-8,11,22H,2,9-10H2,1H3,(H,23,24). The van der Waals surface area contributed by atoms with Crippen molar-refractivity contribution in [2.45, 2.75) is 29.3 Å². The van der Waals surface area contributed by atoms with Crippen LogP contribution in [0.5, 0.6) is 0 Å². The molecule has 0 aromatic heterocycles. The zero-order valence-corrected chi connectivity index (χ0v) is 16.4. The lowest BCUT2D eigenvalue weighted by Gasteiger charge is -2.10. The summed E-state index contributed by atoms with van der Waals surface area (Å²) in [6.07, 6.45) is -3.94. The summed E-state index contributed by atoms with van der Waals surface area (Å²) < 4.78 is 64.6. The minimum Gasteiger partial charge on any atom is -0.478 e. The summed E-state index contributed by atoms with van der Waals surface area (Å²) >= 11 is 1.20. The van der Waals surface area contributed by atoms with E-state index < -0.39 is 27.7 Å². The number of nitrogens with one attached hydrogen (secondary N) is 1. The van der Waals surface area contributed by atoms with E-state index in [9.17, 15) is 31.5 Å². The minimum absolute atomic E-state index is 0.0337. The highest BCUT2D eigenvalue weighted by atomic mass is 32.2. The molecule has 2 aromatic rings. The van der Waals surface area contributed by atoms with Gasteiger partial charge in [-0.3, -0.25) is 0 Å². The summed E-state index contributed by atoms with van der Waals surface area (Å²) in [6, 6.07) is 8.51. The van der Waals surface area contributed by atoms with Gasteiger partial charge in [-0.2, -0.15) is 13.2 Å². The van der Waals surface area contributed by atoms with Crippen LogP contribution in [-0.4, -0.2) is 31.8 Å². The van der Waals surface area contributed by atoms with Crippen molar-refractivity contribution in [1.82, 2.24) is 4.72 Å². The van der Waals surface area contributed by atoms with Crippen LogP contribution in [0.4, 0.5) is 13.2 Å². The number of rotatable bonds is 8. The first-order valence-electron chi connectivity index (χ1n) is 8.20. The van der Waals surface area contributed by atoms with Crippen LogP contribution in [0.1, 0.15) is 28.4 Å². The largest absolute Gasteiger partial charge is 0.478 e. The molecule has 0 amide bonds. The SMILES string of the molecule is CCc1ccc(S(=O)(=O)NCCSc2ccc(C(F)(F)F)cc2)cc1C(=O)O. The maximum atomic E-state index is 12.5. The Labute approximate surface area is 165 Å². The Balaban J connectivity index is 1.97. The number of carboxylic acid groups (broad SMARTS) is 1. The Morgan fingerprint density at radius 2 is 1.79 bits per heavy atom. The van der Waals surface area contributed by atoms with Crippen LogP contribution in [0.3, 0.4) is 0 Å². The number of carboxylic acids is 1. The number of aryl methyl sites for hydroxylation is 1. The van der Waals surface area contributed by atoms with Crippen molar-refractivity contribution in [2.24, 2.45) is 0 Å². The molecule has 0 aliphatic carbocycles. The molecule has 28 heavy (non-hydrogen) atoms. The van der Waals surface area contributed by atoms with Gasteiger partial charge in [0.2, 0.25) is 10.0 Å². The second-order valence-electron chi connectivity index (χ2n) is 5.75. The van der Waals surface area contributed by atoms with E-state index in [1.807, 2.05) is 0 Å². The molecule has 0 saturated carbocycles. The van der Waals surface area contributed by atoms with Gasteiger partial charge < -0.3 is 5.11 Å². The fourth-order valence-electron chi connectivity index (χ4n) is 2.40. The first-order valence-corrected chi connectivity index (χ1v) is 10.7. The molecular weight excluding hydrogens is 415 g/mol. The van der Waals surface area contributed by atoms with Gasteiger partial charge in [-0.05, 0) is 48.4 Å². The third-order valence-corrected chi connectivity index (χ3v) is 6.32. The number of aromatic carboxylic acids is 1. The van der Waals surface area contributed by atoms with Crippen LogP contribution >= 0.6 is 11.8 Å². The van der Waals surface area contributed by atoms with Crippen molar-refractivity contribution >= 4 is 27.8 Å². The Hall–Kier alpha value is -2.04. The normalized spacial score (nSPS) is 12.1. The molecule has 0 bridgehead atoms. The van der Waals surface area contributed by atoms with Crippen molar-refractivity contribution in [3.63, 3.8) is 0 Å². The van der Waals surface area contributed by atoms with Crippen molar-refractivity contribution in [2.75, 3.05) is 12.3 Å². The summed E-state index contributed by atoms with van der Waals surface area (Å²) in [5, 5.41) is 9.21. The maximum Gasteiger partial charge on any atom is 0.416 e. The molecule has 0 aliphatic heterocycles. The Kier molecular flexibility index (Phi) is 7.13. The van der Waals surface area contributed by atoms with Crippen LogP contribution in [0, 0.1) is 0 Å². The summed E-state index contributed by atoms with van der Waals surface area (Å²) in [5.41, 5.74) is -0.281. The van der Waals surface area contributed by atoms with Gasteiger partial charge in [0.1, 0.15) is 0 Å². The van der Waals surface area contributed by atoms with E-state index in [2.05, 4.69) is 4.72 Å². The third kappa shape index (κ3) is 5.73. The van der Waals surface area contributed by atoms with Crippen LogP contribution in [0.25, 0.3) is 0 Å². The molecule has 0 spiro atoms. The quantitative estimate of drug-likeness (QED) is 0.485. The van der Waals surface area contributed by atoms with Crippen molar-refractivity contribution < 1.29 is 31.5 Å². The molecule has 2 rings (SSSR count). The molecule has 0 heterocycles. The van der Waals surface area contributed by atoms with E-state index in [0.717, 1.165) is 18.2 Å². The fourth-order valence-corrected chi connectivity index (χ4v) is 4.35. The predicted molar refractivity (Wildman–Crippen MR) is 100 cm³/mol. The van der Waals surface area contributed by atoms with Crippen molar-refractivity contribution in [3.05, 3.63) is 59.2 Å². The van der Waals surface area contributed by atoms with E-state index in [4.69, 9.17) is 0 Å². The Bertz CT molecular complexity index is 942. The highest BCUT2D eigenvalue weighted by Gasteiger charge is 2.29. The molecule has 0 radical (unpaired) electrons. The topological polar surface area (TPSA) is 83.5 Å². The highest BCUT2D eigenvalue weighted by Crippen LogP contribution is 2.30. The van der Waals surface area contributed by atoms with Gasteiger partial charge >= 0.3 is 12.1 Å². The lowest BCUT2D eigenvalue weighted by atomic mass is 10.1. The average Bonchev–Trinajstić information content (AvgIpc) is 2.64. The predicted octanol–water partition coefficient (Wildman–Crippen LogP) is 4.04. The molecule has 0 saturated heterocycles. The Morgan fingerprint density at radius 1 is 1.14 bits per heavy atom. The highest BCUT2D eigenvalue weighted by molar-refractivity contribution is 7.99. The molecule has 0 aliphatic rings. The summed E-state index contributed by atoms with van der Waals surface area (Å²) in [5.74, 6) is -0.907. The number of halogens is 3. The van der Waals surface area contributed by atoms with Crippen LogP contribution in [0.2, 0.25) is 0 Å². The first kappa shape index (κ1) is 22.3. The second-order valence-corrected chi connectivity index (χ2v) is 8.68. The summed E-state index contributed by atoms with van der Waals surface area (Å²) in [6.45, 7) is 1.80. The first-order chi connectivity index (χ1) is 13.0. The van der Waals surface area contributed by atoms with Gasteiger partial charge in [-0.25, -0.2) is 17.9 Å². The van der Waals surface area contributed by atoms with E-state index in [1.54, 1.807) is 6.92 Å². The zero-order valence-electron chi connectivity index (χ0n) is 14.8. The van der Waals surface area contributed by atoms with E-state index in [0.29, 0.717) is 22.6 Å². The van der Waals surface area contributed by atoms with Gasteiger partial charge in [0.25, 0.3) is 0 Å². The van der Waals surface area contributed by atoms with Gasteiger partial charge in [-0.15, -0.1) is 11.8 Å². The number of sulfonamides is 1. The lowest BCUT2D eigenvalue weighted by molar-refractivity contribution is -0.137. The average molecular weight is 433 g/mol. The van der Waals surface area contributed by atoms with E-state index >= 15 is 0 Å². The molecule has 5 nitrogen and oxygen atoms in total. The molecule has 2 N–H and O–H groups in total. The molecule has 0 fully saturated rings. The maximum absolute atomic E-state index is 12.5. The van der Waals surface area contributed by atoms with Gasteiger partial charge in [0, 0.05) is 17.2 Å². The van der Waals surface area contributed by atoms with E-state index in [1.165, 1.54) is 36.0 Å². The van der Waals surface area contributed by atoms with Crippen LogP contribution < -0.4 is 4.72 Å². The van der Waals surface area contributed by atoms with Gasteiger partial charge in [-0.1, -0.05) is 13.0 Å². The van der Waals surface area contributed by atoms with Gasteiger partial charge in [0.15, 0.2) is 0 Å². The van der Waals surface area contributed by atoms with Crippen molar-refractivity contribution in [3.8, 4) is 0 Å². The minimum atomic E-state index is -4.40. The molecule has 2 aromatic carbocycles. The number of thioether (sulfide) groups is 1. The van der Waals surface area contributed by atoms with Crippen LogP contribution in [0.15, 0.2) is 52.3 Å². The number of benzene rings is 2. The second kappa shape index (κ2) is 8.97. The van der Waals surface area contributed by atoms with E-state index in [-0.39, 0.29) is 17.0 Å². The number of alkyl halides is 3. The molecule has 10 heteroatoms. The number of carbonyl (C=O) groups is 1. The number of hydrogen-bond acceptors (Lipinski definition) is 4. The fraction of sp³-hybridized carbons (Fsp3) is 0.278. The number of hydrogen-bond donors (Lipinski definition) is 2. The molecule has 0 atom stereocenters. The van der Waals surface area contributed by atoms with Gasteiger partial charge in [0.05, 0.1) is 16.0 Å². The summed E-state index contributed by atoms with van der Waals surface area (Å²) in [4.78, 5) is 11.7. The summed E-state index contributed by atoms with van der Waals surface area (Å²) in [7, 11) is -3.90. The lowest BCUT2D eigenvalue weighted by Crippen LogP contribution is -2.26.